The van der Waals surface area contributed by atoms with Crippen molar-refractivity contribution in [3.8, 4) is 5.75 Å². The number of carbonyl (C=O) groups is 2. The van der Waals surface area contributed by atoms with Crippen LogP contribution in [0.15, 0.2) is 12.1 Å². The maximum atomic E-state index is 12.6. The zero-order valence-electron chi connectivity index (χ0n) is 12.5. The van der Waals surface area contributed by atoms with Gasteiger partial charge in [0.25, 0.3) is 5.91 Å². The van der Waals surface area contributed by atoms with Crippen molar-refractivity contribution in [1.29, 1.82) is 0 Å². The van der Waals surface area contributed by atoms with Crippen molar-refractivity contribution in [2.75, 3.05) is 33.3 Å². The van der Waals surface area contributed by atoms with Crippen molar-refractivity contribution in [2.24, 2.45) is 0 Å². The molecule has 21 heavy (non-hydrogen) atoms. The zero-order valence-corrected chi connectivity index (χ0v) is 13.2. The van der Waals surface area contributed by atoms with E-state index < -0.39 is 0 Å². The number of ether oxygens (including phenoxy) is 1. The topological polar surface area (TPSA) is 49.9 Å². The van der Waals surface area contributed by atoms with Crippen LogP contribution in [0.1, 0.15) is 22.8 Å². The molecule has 1 heterocycles. The molecule has 1 saturated heterocycles. The number of amides is 2. The highest BCUT2D eigenvalue weighted by Gasteiger charge is 2.25. The number of rotatable bonds is 2. The van der Waals surface area contributed by atoms with Gasteiger partial charge in [0.05, 0.1) is 12.7 Å². The van der Waals surface area contributed by atoms with Crippen molar-refractivity contribution in [3.63, 3.8) is 0 Å². The Labute approximate surface area is 129 Å². The Kier molecular flexibility index (Phi) is 4.73. The molecule has 0 unspecified atom stereocenters. The number of halogens is 1. The first-order chi connectivity index (χ1) is 9.93. The largest absolute Gasteiger partial charge is 0.496 e. The van der Waals surface area contributed by atoms with Crippen LogP contribution >= 0.6 is 11.6 Å². The van der Waals surface area contributed by atoms with E-state index in [1.807, 2.05) is 6.92 Å². The molecule has 6 heteroatoms. The van der Waals surface area contributed by atoms with Crippen molar-refractivity contribution in [1.82, 2.24) is 9.80 Å². The van der Waals surface area contributed by atoms with Gasteiger partial charge in [0, 0.05) is 38.1 Å². The van der Waals surface area contributed by atoms with Gasteiger partial charge >= 0.3 is 0 Å². The van der Waals surface area contributed by atoms with Crippen molar-refractivity contribution in [3.05, 3.63) is 28.3 Å². The summed E-state index contributed by atoms with van der Waals surface area (Å²) in [6.07, 6.45) is 0. The maximum absolute atomic E-state index is 12.6. The highest BCUT2D eigenvalue weighted by Crippen LogP contribution is 2.27. The van der Waals surface area contributed by atoms with E-state index in [2.05, 4.69) is 0 Å². The fraction of sp³-hybridized carbons (Fsp3) is 0.467. The Morgan fingerprint density at radius 1 is 1.14 bits per heavy atom. The van der Waals surface area contributed by atoms with Gasteiger partial charge in [-0.3, -0.25) is 9.59 Å². The summed E-state index contributed by atoms with van der Waals surface area (Å²) in [5, 5.41) is 0.543. The van der Waals surface area contributed by atoms with Gasteiger partial charge in [0.15, 0.2) is 0 Å². The van der Waals surface area contributed by atoms with Gasteiger partial charge < -0.3 is 14.5 Å². The van der Waals surface area contributed by atoms with Crippen LogP contribution in [0.3, 0.4) is 0 Å². The normalized spacial score (nSPS) is 15.0. The molecule has 5 nitrogen and oxygen atoms in total. The van der Waals surface area contributed by atoms with Gasteiger partial charge in [0.2, 0.25) is 5.91 Å². The number of aryl methyl sites for hydroxylation is 1. The van der Waals surface area contributed by atoms with Gasteiger partial charge in [-0.2, -0.15) is 0 Å². The molecule has 1 aliphatic rings. The molecule has 1 aromatic rings. The quantitative estimate of drug-likeness (QED) is 0.839. The molecule has 0 spiro atoms. The molecule has 1 fully saturated rings. The number of hydrogen-bond acceptors (Lipinski definition) is 3. The fourth-order valence-electron chi connectivity index (χ4n) is 2.39. The Bertz CT molecular complexity index is 566. The van der Waals surface area contributed by atoms with E-state index in [-0.39, 0.29) is 11.8 Å². The summed E-state index contributed by atoms with van der Waals surface area (Å²) in [6, 6.07) is 3.41. The third-order valence-corrected chi connectivity index (χ3v) is 4.13. The van der Waals surface area contributed by atoms with E-state index in [0.29, 0.717) is 42.5 Å². The van der Waals surface area contributed by atoms with Crippen LogP contribution in [0.4, 0.5) is 0 Å². The number of piperazine rings is 1. The number of carbonyl (C=O) groups excluding carboxylic acids is 2. The van der Waals surface area contributed by atoms with Crippen LogP contribution in [-0.2, 0) is 4.79 Å². The second-order valence-corrected chi connectivity index (χ2v) is 5.51. The minimum Gasteiger partial charge on any atom is -0.496 e. The van der Waals surface area contributed by atoms with Gasteiger partial charge in [-0.05, 0) is 24.6 Å². The van der Waals surface area contributed by atoms with E-state index in [1.54, 1.807) is 28.9 Å². The summed E-state index contributed by atoms with van der Waals surface area (Å²) in [5.74, 6) is 0.450. The van der Waals surface area contributed by atoms with Crippen molar-refractivity contribution >= 4 is 23.4 Å². The summed E-state index contributed by atoms with van der Waals surface area (Å²) in [5.41, 5.74) is 1.33. The van der Waals surface area contributed by atoms with Crippen molar-refractivity contribution < 1.29 is 14.3 Å². The van der Waals surface area contributed by atoms with Gasteiger partial charge in [0.1, 0.15) is 5.75 Å². The molecule has 0 aromatic heterocycles. The molecule has 0 bridgehead atoms. The standard InChI is InChI=1S/C15H19ClN2O3/c1-10-8-14(21-3)12(9-13(10)16)15(20)18-6-4-17(5-7-18)11(2)19/h8-9H,4-7H2,1-3H3. The first-order valence-corrected chi connectivity index (χ1v) is 7.20. The van der Waals surface area contributed by atoms with Gasteiger partial charge in [-0.25, -0.2) is 0 Å². The van der Waals surface area contributed by atoms with Gasteiger partial charge in [-0.15, -0.1) is 0 Å². The molecule has 1 aromatic carbocycles. The van der Waals surface area contributed by atoms with Crippen LogP contribution in [-0.4, -0.2) is 54.9 Å². The molecule has 114 valence electrons. The van der Waals surface area contributed by atoms with Crippen LogP contribution in [0, 0.1) is 6.92 Å². The minimum absolute atomic E-state index is 0.0399. The van der Waals surface area contributed by atoms with E-state index in [9.17, 15) is 9.59 Å². The number of nitrogens with zero attached hydrogens (tertiary/aromatic N) is 2. The average molecular weight is 311 g/mol. The number of hydrogen-bond donors (Lipinski definition) is 0. The highest BCUT2D eigenvalue weighted by atomic mass is 35.5. The molecule has 0 aliphatic carbocycles. The minimum atomic E-state index is -0.114. The fourth-order valence-corrected chi connectivity index (χ4v) is 2.55. The number of methoxy groups -OCH3 is 1. The third-order valence-electron chi connectivity index (χ3n) is 3.72. The predicted molar refractivity (Wildman–Crippen MR) is 80.9 cm³/mol. The molecule has 0 radical (unpaired) electrons. The smallest absolute Gasteiger partial charge is 0.257 e. The van der Waals surface area contributed by atoms with Crippen LogP contribution in [0.5, 0.6) is 5.75 Å². The molecular weight excluding hydrogens is 292 g/mol. The molecule has 2 amide bonds. The third kappa shape index (κ3) is 3.29. The lowest BCUT2D eigenvalue weighted by atomic mass is 10.1. The van der Waals surface area contributed by atoms with E-state index in [4.69, 9.17) is 16.3 Å². The summed E-state index contributed by atoms with van der Waals surface area (Å²) in [6.45, 7) is 5.57. The summed E-state index contributed by atoms with van der Waals surface area (Å²) < 4.78 is 5.28. The second kappa shape index (κ2) is 6.35. The van der Waals surface area contributed by atoms with E-state index in [1.165, 1.54) is 7.11 Å². The monoisotopic (exact) mass is 310 g/mol. The number of benzene rings is 1. The Morgan fingerprint density at radius 3 is 2.24 bits per heavy atom. The van der Waals surface area contributed by atoms with Crippen LogP contribution in [0.25, 0.3) is 0 Å². The second-order valence-electron chi connectivity index (χ2n) is 5.10. The van der Waals surface area contributed by atoms with E-state index in [0.717, 1.165) is 5.56 Å². The van der Waals surface area contributed by atoms with Crippen LogP contribution in [0.2, 0.25) is 5.02 Å². The maximum Gasteiger partial charge on any atom is 0.257 e. The lowest BCUT2D eigenvalue weighted by Gasteiger charge is -2.34. The molecule has 0 atom stereocenters. The Balaban J connectivity index is 2.18. The average Bonchev–Trinajstić information content (AvgIpc) is 2.49. The Hall–Kier alpha value is -1.75. The van der Waals surface area contributed by atoms with E-state index >= 15 is 0 Å². The van der Waals surface area contributed by atoms with Crippen LogP contribution < -0.4 is 4.74 Å². The SMILES string of the molecule is COc1cc(C)c(Cl)cc1C(=O)N1CCN(C(C)=O)CC1. The first-order valence-electron chi connectivity index (χ1n) is 6.83. The first kappa shape index (κ1) is 15.6. The predicted octanol–water partition coefficient (Wildman–Crippen LogP) is 1.96. The van der Waals surface area contributed by atoms with Gasteiger partial charge in [-0.1, -0.05) is 11.6 Å². The molecule has 0 N–H and O–H groups in total. The molecule has 0 saturated carbocycles. The molecule has 1 aliphatic heterocycles. The van der Waals surface area contributed by atoms with Crippen molar-refractivity contribution in [2.45, 2.75) is 13.8 Å². The Morgan fingerprint density at radius 2 is 1.71 bits per heavy atom. The highest BCUT2D eigenvalue weighted by molar-refractivity contribution is 6.31. The zero-order chi connectivity index (χ0) is 15.6. The lowest BCUT2D eigenvalue weighted by Crippen LogP contribution is -2.50. The summed E-state index contributed by atoms with van der Waals surface area (Å²) >= 11 is 6.11. The molecule has 2 rings (SSSR count). The lowest BCUT2D eigenvalue weighted by molar-refractivity contribution is -0.130. The summed E-state index contributed by atoms with van der Waals surface area (Å²) in [7, 11) is 1.53. The molecular formula is C15H19ClN2O3. The summed E-state index contributed by atoms with van der Waals surface area (Å²) in [4.78, 5) is 27.4.